The molecule has 170 valence electrons. The lowest BCUT2D eigenvalue weighted by atomic mass is 9.88. The number of nitrogens with zero attached hydrogens (tertiary/aromatic N) is 3. The highest BCUT2D eigenvalue weighted by Gasteiger charge is 2.31. The Morgan fingerprint density at radius 1 is 1.16 bits per heavy atom. The van der Waals surface area contributed by atoms with Crippen LogP contribution in [0, 0.1) is 5.92 Å². The van der Waals surface area contributed by atoms with E-state index in [0.717, 1.165) is 62.6 Å². The molecule has 1 aromatic rings. The number of rotatable bonds is 6. The number of carbonyl (C=O) groups is 1. The molecule has 1 unspecified atom stereocenters. The lowest BCUT2D eigenvalue weighted by Crippen LogP contribution is -2.45. The maximum Gasteiger partial charge on any atom is 0.225 e. The van der Waals surface area contributed by atoms with Gasteiger partial charge in [-0.1, -0.05) is 25.3 Å². The maximum absolute atomic E-state index is 12.8. The number of amides is 1. The average Bonchev–Trinajstić information content (AvgIpc) is 3.50. The zero-order valence-electron chi connectivity index (χ0n) is 18.8. The van der Waals surface area contributed by atoms with Crippen molar-refractivity contribution in [2.24, 2.45) is 10.9 Å². The summed E-state index contributed by atoms with van der Waals surface area (Å²) in [6, 6.07) is 4.24. The second-order valence-electron chi connectivity index (χ2n) is 9.17. The first kappa shape index (κ1) is 21.9. The Balaban J connectivity index is 1.26. The normalized spacial score (nSPS) is 23.2. The zero-order valence-corrected chi connectivity index (χ0v) is 18.8. The number of aromatic nitrogens is 1. The first-order chi connectivity index (χ1) is 15.2. The van der Waals surface area contributed by atoms with E-state index in [-0.39, 0.29) is 18.1 Å². The molecule has 7 heteroatoms. The SMILES string of the molecule is CN=C(NCc1cccnc1OC1CCCC1)NC1CCN(C(=O)C2CCCCC2)C1. The summed E-state index contributed by atoms with van der Waals surface area (Å²) in [6.07, 6.45) is 13.5. The largest absolute Gasteiger partial charge is 0.474 e. The highest BCUT2D eigenvalue weighted by molar-refractivity contribution is 5.81. The van der Waals surface area contributed by atoms with Crippen molar-refractivity contribution >= 4 is 11.9 Å². The number of pyridine rings is 1. The summed E-state index contributed by atoms with van der Waals surface area (Å²) in [5, 5.41) is 6.90. The first-order valence-corrected chi connectivity index (χ1v) is 12.1. The first-order valence-electron chi connectivity index (χ1n) is 12.1. The fraction of sp³-hybridized carbons (Fsp3) is 0.708. The van der Waals surface area contributed by atoms with E-state index >= 15 is 0 Å². The van der Waals surface area contributed by atoms with E-state index in [1.165, 1.54) is 32.1 Å². The summed E-state index contributed by atoms with van der Waals surface area (Å²) in [4.78, 5) is 23.7. The van der Waals surface area contributed by atoms with E-state index in [1.54, 1.807) is 13.2 Å². The Hall–Kier alpha value is -2.31. The summed E-state index contributed by atoms with van der Waals surface area (Å²) in [7, 11) is 1.79. The van der Waals surface area contributed by atoms with Crippen molar-refractivity contribution in [3.05, 3.63) is 23.9 Å². The molecule has 1 amide bonds. The highest BCUT2D eigenvalue weighted by Crippen LogP contribution is 2.27. The van der Waals surface area contributed by atoms with Crippen LogP contribution < -0.4 is 15.4 Å². The molecule has 0 aromatic carbocycles. The zero-order chi connectivity index (χ0) is 21.5. The van der Waals surface area contributed by atoms with Gasteiger partial charge in [0.15, 0.2) is 5.96 Å². The fourth-order valence-corrected chi connectivity index (χ4v) is 5.08. The predicted molar refractivity (Wildman–Crippen MR) is 122 cm³/mol. The number of hydrogen-bond acceptors (Lipinski definition) is 4. The molecule has 3 aliphatic rings. The van der Waals surface area contributed by atoms with E-state index in [1.807, 2.05) is 6.07 Å². The van der Waals surface area contributed by atoms with Gasteiger partial charge >= 0.3 is 0 Å². The molecular formula is C24H37N5O2. The Bertz CT molecular complexity index is 756. The van der Waals surface area contributed by atoms with Crippen LogP contribution in [0.5, 0.6) is 5.88 Å². The smallest absolute Gasteiger partial charge is 0.225 e. The predicted octanol–water partition coefficient (Wildman–Crippen LogP) is 3.25. The van der Waals surface area contributed by atoms with Crippen LogP contribution in [0.15, 0.2) is 23.3 Å². The van der Waals surface area contributed by atoms with Gasteiger partial charge in [-0.2, -0.15) is 0 Å². The third-order valence-corrected chi connectivity index (χ3v) is 6.90. The van der Waals surface area contributed by atoms with E-state index in [4.69, 9.17) is 4.74 Å². The van der Waals surface area contributed by atoms with Gasteiger partial charge in [0.05, 0.1) is 0 Å². The van der Waals surface area contributed by atoms with Gasteiger partial charge in [-0.3, -0.25) is 9.79 Å². The van der Waals surface area contributed by atoms with Crippen molar-refractivity contribution in [1.82, 2.24) is 20.5 Å². The lowest BCUT2D eigenvalue weighted by Gasteiger charge is -2.26. The van der Waals surface area contributed by atoms with E-state index in [2.05, 4.69) is 31.6 Å². The van der Waals surface area contributed by atoms with Crippen molar-refractivity contribution in [1.29, 1.82) is 0 Å². The van der Waals surface area contributed by atoms with Crippen LogP contribution in [0.2, 0.25) is 0 Å². The topological polar surface area (TPSA) is 78.9 Å². The highest BCUT2D eigenvalue weighted by atomic mass is 16.5. The number of likely N-dealkylation sites (tertiary alicyclic amines) is 1. The Morgan fingerprint density at radius 3 is 2.71 bits per heavy atom. The molecule has 4 rings (SSSR count). The maximum atomic E-state index is 12.8. The number of ether oxygens (including phenoxy) is 1. The van der Waals surface area contributed by atoms with Gasteiger partial charge in [0.25, 0.3) is 0 Å². The van der Waals surface area contributed by atoms with Crippen LogP contribution in [0.3, 0.4) is 0 Å². The molecule has 2 heterocycles. The summed E-state index contributed by atoms with van der Waals surface area (Å²) in [5.74, 6) is 2.08. The molecule has 1 atom stereocenters. The molecule has 7 nitrogen and oxygen atoms in total. The number of nitrogens with one attached hydrogen (secondary N) is 2. The van der Waals surface area contributed by atoms with Crippen molar-refractivity contribution in [2.75, 3.05) is 20.1 Å². The third-order valence-electron chi connectivity index (χ3n) is 6.90. The number of guanidine groups is 1. The van der Waals surface area contributed by atoms with Gasteiger partial charge in [0, 0.05) is 50.4 Å². The second-order valence-corrected chi connectivity index (χ2v) is 9.17. The quantitative estimate of drug-likeness (QED) is 0.538. The van der Waals surface area contributed by atoms with Gasteiger partial charge in [0.1, 0.15) is 6.10 Å². The van der Waals surface area contributed by atoms with Crippen LogP contribution in [0.4, 0.5) is 0 Å². The van der Waals surface area contributed by atoms with E-state index < -0.39 is 0 Å². The third kappa shape index (κ3) is 5.89. The van der Waals surface area contributed by atoms with Gasteiger partial charge in [-0.05, 0) is 51.0 Å². The van der Waals surface area contributed by atoms with Crippen LogP contribution in [-0.4, -0.2) is 54.0 Å². The molecule has 0 spiro atoms. The van der Waals surface area contributed by atoms with Gasteiger partial charge < -0.3 is 20.3 Å². The van der Waals surface area contributed by atoms with Crippen molar-refractivity contribution < 1.29 is 9.53 Å². The van der Waals surface area contributed by atoms with Crippen LogP contribution in [-0.2, 0) is 11.3 Å². The van der Waals surface area contributed by atoms with Gasteiger partial charge in [0.2, 0.25) is 11.8 Å². The van der Waals surface area contributed by atoms with Crippen LogP contribution >= 0.6 is 0 Å². The van der Waals surface area contributed by atoms with Crippen molar-refractivity contribution in [2.45, 2.75) is 82.9 Å². The van der Waals surface area contributed by atoms with Gasteiger partial charge in [-0.15, -0.1) is 0 Å². The summed E-state index contributed by atoms with van der Waals surface area (Å²) in [6.45, 7) is 2.21. The molecule has 3 fully saturated rings. The molecule has 2 N–H and O–H groups in total. The molecule has 2 aliphatic carbocycles. The molecule has 2 saturated carbocycles. The summed E-state index contributed by atoms with van der Waals surface area (Å²) >= 11 is 0. The molecule has 0 bridgehead atoms. The number of aliphatic imine (C=N–C) groups is 1. The minimum Gasteiger partial charge on any atom is -0.474 e. The lowest BCUT2D eigenvalue weighted by molar-refractivity contribution is -0.135. The van der Waals surface area contributed by atoms with Crippen LogP contribution in [0.1, 0.15) is 69.8 Å². The monoisotopic (exact) mass is 427 g/mol. The fourth-order valence-electron chi connectivity index (χ4n) is 5.08. The molecular weight excluding hydrogens is 390 g/mol. The number of hydrogen-bond donors (Lipinski definition) is 2. The Morgan fingerprint density at radius 2 is 1.94 bits per heavy atom. The van der Waals surface area contributed by atoms with Crippen molar-refractivity contribution in [3.8, 4) is 5.88 Å². The van der Waals surface area contributed by atoms with E-state index in [9.17, 15) is 4.79 Å². The van der Waals surface area contributed by atoms with Gasteiger partial charge in [-0.25, -0.2) is 4.98 Å². The Kier molecular flexibility index (Phi) is 7.65. The minimum absolute atomic E-state index is 0.238. The molecule has 0 radical (unpaired) electrons. The molecule has 1 saturated heterocycles. The Labute approximate surface area is 186 Å². The molecule has 1 aromatic heterocycles. The van der Waals surface area contributed by atoms with E-state index in [0.29, 0.717) is 12.5 Å². The molecule has 31 heavy (non-hydrogen) atoms. The average molecular weight is 428 g/mol. The molecule has 1 aliphatic heterocycles. The summed E-state index contributed by atoms with van der Waals surface area (Å²) < 4.78 is 6.15. The standard InChI is InChI=1S/C24H37N5O2/c1-25-24(27-16-19-10-7-14-26-22(19)31-21-11-5-6-12-21)28-20-13-15-29(17-20)23(30)18-8-3-2-4-9-18/h7,10,14,18,20-21H,2-6,8-9,11-13,15-17H2,1H3,(H2,25,27,28). The minimum atomic E-state index is 0.238. The second kappa shape index (κ2) is 10.8. The van der Waals surface area contributed by atoms with Crippen molar-refractivity contribution in [3.63, 3.8) is 0 Å². The number of carbonyl (C=O) groups excluding carboxylic acids is 1. The van der Waals surface area contributed by atoms with Crippen LogP contribution in [0.25, 0.3) is 0 Å². The summed E-state index contributed by atoms with van der Waals surface area (Å²) in [5.41, 5.74) is 1.04.